The molecule has 3 aromatic rings. The highest BCUT2D eigenvalue weighted by Crippen LogP contribution is 2.33. The van der Waals surface area contributed by atoms with Crippen LogP contribution in [0.2, 0.25) is 0 Å². The summed E-state index contributed by atoms with van der Waals surface area (Å²) >= 11 is 1.37. The van der Waals surface area contributed by atoms with Crippen molar-refractivity contribution in [1.82, 2.24) is 14.9 Å². The molecular weight excluding hydrogens is 404 g/mol. The van der Waals surface area contributed by atoms with Crippen molar-refractivity contribution in [1.29, 1.82) is 0 Å². The van der Waals surface area contributed by atoms with E-state index in [0.717, 1.165) is 11.1 Å². The van der Waals surface area contributed by atoms with Gasteiger partial charge in [-0.1, -0.05) is 48.2 Å². The molecule has 2 aromatic carbocycles. The van der Waals surface area contributed by atoms with E-state index in [1.54, 1.807) is 18.9 Å². The average molecular weight is 424 g/mol. The van der Waals surface area contributed by atoms with E-state index in [1.807, 2.05) is 48.5 Å². The number of ether oxygens (including phenoxy) is 2. The van der Waals surface area contributed by atoms with Gasteiger partial charge in [-0.3, -0.25) is 4.79 Å². The number of benzene rings is 2. The third-order valence-corrected chi connectivity index (χ3v) is 5.82. The van der Waals surface area contributed by atoms with E-state index in [9.17, 15) is 9.90 Å². The molecule has 0 unspecified atom stereocenters. The molecule has 0 radical (unpaired) electrons. The molecule has 1 aliphatic rings. The molecule has 1 aliphatic heterocycles. The second-order valence-electron chi connectivity index (χ2n) is 6.63. The third-order valence-electron chi connectivity index (χ3n) is 4.68. The lowest BCUT2D eigenvalue weighted by molar-refractivity contribution is -0.136. The number of rotatable bonds is 7. The lowest BCUT2D eigenvalue weighted by Gasteiger charge is -2.22. The lowest BCUT2D eigenvalue weighted by Crippen LogP contribution is -2.27. The first-order valence-electron chi connectivity index (χ1n) is 9.27. The van der Waals surface area contributed by atoms with Gasteiger partial charge in [-0.15, -0.1) is 10.2 Å². The van der Waals surface area contributed by atoms with Crippen LogP contribution in [-0.4, -0.2) is 51.1 Å². The SMILES string of the molecule is COc1ccc(Cc2nnc3n2N=C(c2ccccc2)[C@@H](CC(=O)O)S3)cc1OC. The van der Waals surface area contributed by atoms with Crippen LogP contribution in [0.1, 0.15) is 23.4 Å². The molecule has 0 aliphatic carbocycles. The summed E-state index contributed by atoms with van der Waals surface area (Å²) in [6.45, 7) is 0. The van der Waals surface area contributed by atoms with E-state index < -0.39 is 5.97 Å². The molecule has 0 saturated carbocycles. The summed E-state index contributed by atoms with van der Waals surface area (Å²) < 4.78 is 12.4. The summed E-state index contributed by atoms with van der Waals surface area (Å²) in [5, 5.41) is 22.9. The molecule has 2 heterocycles. The summed E-state index contributed by atoms with van der Waals surface area (Å²) in [6.07, 6.45) is 0.444. The van der Waals surface area contributed by atoms with Crippen LogP contribution in [0.5, 0.6) is 11.5 Å². The predicted molar refractivity (Wildman–Crippen MR) is 113 cm³/mol. The Morgan fingerprint density at radius 2 is 1.87 bits per heavy atom. The van der Waals surface area contributed by atoms with Crippen LogP contribution in [0.3, 0.4) is 0 Å². The van der Waals surface area contributed by atoms with Crippen molar-refractivity contribution in [3.8, 4) is 11.5 Å². The van der Waals surface area contributed by atoms with Crippen molar-refractivity contribution in [2.75, 3.05) is 14.2 Å². The molecule has 1 aromatic heterocycles. The van der Waals surface area contributed by atoms with Gasteiger partial charge in [-0.05, 0) is 23.3 Å². The Morgan fingerprint density at radius 3 is 2.57 bits per heavy atom. The van der Waals surface area contributed by atoms with Gasteiger partial charge in [0, 0.05) is 6.42 Å². The highest BCUT2D eigenvalue weighted by Gasteiger charge is 2.30. The zero-order valence-corrected chi connectivity index (χ0v) is 17.3. The minimum absolute atomic E-state index is 0.0454. The van der Waals surface area contributed by atoms with E-state index >= 15 is 0 Å². The fourth-order valence-corrected chi connectivity index (χ4v) is 4.37. The van der Waals surface area contributed by atoms with Crippen molar-refractivity contribution in [3.05, 3.63) is 65.5 Å². The number of carboxylic acid groups (broad SMARTS) is 1. The first kappa shape index (κ1) is 20.0. The fourth-order valence-electron chi connectivity index (χ4n) is 3.26. The number of thioether (sulfide) groups is 1. The van der Waals surface area contributed by atoms with Crippen molar-refractivity contribution in [2.45, 2.75) is 23.2 Å². The van der Waals surface area contributed by atoms with Crippen LogP contribution in [0.25, 0.3) is 0 Å². The largest absolute Gasteiger partial charge is 0.493 e. The second-order valence-corrected chi connectivity index (χ2v) is 7.80. The maximum atomic E-state index is 11.4. The first-order valence-corrected chi connectivity index (χ1v) is 10.1. The van der Waals surface area contributed by atoms with Gasteiger partial charge in [0.1, 0.15) is 0 Å². The van der Waals surface area contributed by atoms with Crippen molar-refractivity contribution < 1.29 is 19.4 Å². The standard InChI is InChI=1S/C21H20N4O4S/c1-28-15-9-8-13(10-16(15)29-2)11-18-22-23-21-25(18)24-20(14-6-4-3-5-7-14)17(30-21)12-19(26)27/h3-10,17H,11-12H2,1-2H3,(H,26,27)/t17-/m1/s1. The Balaban J connectivity index is 1.70. The van der Waals surface area contributed by atoms with E-state index in [1.165, 1.54) is 11.8 Å². The summed E-state index contributed by atoms with van der Waals surface area (Å²) in [7, 11) is 3.19. The molecule has 1 N–H and O–H groups in total. The zero-order valence-electron chi connectivity index (χ0n) is 16.5. The maximum Gasteiger partial charge on any atom is 0.304 e. The van der Waals surface area contributed by atoms with Gasteiger partial charge in [-0.2, -0.15) is 9.78 Å². The van der Waals surface area contributed by atoms with Crippen LogP contribution in [0.4, 0.5) is 0 Å². The monoisotopic (exact) mass is 424 g/mol. The third kappa shape index (κ3) is 4.02. The van der Waals surface area contributed by atoms with Crippen LogP contribution < -0.4 is 9.47 Å². The number of hydrogen-bond acceptors (Lipinski definition) is 7. The number of fused-ring (bicyclic) bond motifs is 1. The Labute approximate surface area is 177 Å². The highest BCUT2D eigenvalue weighted by molar-refractivity contribution is 8.00. The van der Waals surface area contributed by atoms with Crippen LogP contribution in [-0.2, 0) is 11.2 Å². The average Bonchev–Trinajstić information content (AvgIpc) is 3.14. The Kier molecular flexibility index (Phi) is 5.71. The Hall–Kier alpha value is -3.33. The molecule has 8 nitrogen and oxygen atoms in total. The molecule has 0 saturated heterocycles. The fraction of sp³-hybridized carbons (Fsp3) is 0.238. The number of nitrogens with zero attached hydrogens (tertiary/aromatic N) is 4. The molecule has 0 fully saturated rings. The first-order chi connectivity index (χ1) is 14.6. The van der Waals surface area contributed by atoms with E-state index in [-0.39, 0.29) is 11.7 Å². The van der Waals surface area contributed by atoms with Gasteiger partial charge in [0.2, 0.25) is 5.16 Å². The molecule has 154 valence electrons. The predicted octanol–water partition coefficient (Wildman–Crippen LogP) is 3.09. The Bertz CT molecular complexity index is 1100. The number of aliphatic carboxylic acids is 1. The topological polar surface area (TPSA) is 98.8 Å². The van der Waals surface area contributed by atoms with Crippen molar-refractivity contribution >= 4 is 23.4 Å². The number of hydrogen-bond donors (Lipinski definition) is 1. The molecule has 0 bridgehead atoms. The minimum Gasteiger partial charge on any atom is -0.493 e. The van der Waals surface area contributed by atoms with Gasteiger partial charge in [-0.25, -0.2) is 0 Å². The lowest BCUT2D eigenvalue weighted by atomic mass is 10.1. The van der Waals surface area contributed by atoms with E-state index in [4.69, 9.17) is 14.6 Å². The summed E-state index contributed by atoms with van der Waals surface area (Å²) in [4.78, 5) is 11.4. The molecule has 4 rings (SSSR count). The normalized spacial score (nSPS) is 15.3. The Morgan fingerprint density at radius 1 is 1.10 bits per heavy atom. The summed E-state index contributed by atoms with van der Waals surface area (Å²) in [5.41, 5.74) is 2.55. The number of aromatic nitrogens is 3. The molecule has 30 heavy (non-hydrogen) atoms. The van der Waals surface area contributed by atoms with Gasteiger partial charge >= 0.3 is 5.97 Å². The summed E-state index contributed by atoms with van der Waals surface area (Å²) in [5.74, 6) is 1.07. The van der Waals surface area contributed by atoms with Crippen LogP contribution in [0.15, 0.2) is 58.8 Å². The van der Waals surface area contributed by atoms with Crippen molar-refractivity contribution in [2.24, 2.45) is 5.10 Å². The van der Waals surface area contributed by atoms with E-state index in [2.05, 4.69) is 10.2 Å². The highest BCUT2D eigenvalue weighted by atomic mass is 32.2. The van der Waals surface area contributed by atoms with Gasteiger partial charge < -0.3 is 14.6 Å². The number of carbonyl (C=O) groups is 1. The minimum atomic E-state index is -0.880. The van der Waals surface area contributed by atoms with Gasteiger partial charge in [0.25, 0.3) is 0 Å². The van der Waals surface area contributed by atoms with Gasteiger partial charge in [0.15, 0.2) is 17.3 Å². The zero-order chi connectivity index (χ0) is 21.1. The van der Waals surface area contributed by atoms with Crippen LogP contribution >= 0.6 is 11.8 Å². The van der Waals surface area contributed by atoms with Crippen molar-refractivity contribution in [3.63, 3.8) is 0 Å². The van der Waals surface area contributed by atoms with Gasteiger partial charge in [0.05, 0.1) is 31.6 Å². The quantitative estimate of drug-likeness (QED) is 0.622. The summed E-state index contributed by atoms with van der Waals surface area (Å²) in [6, 6.07) is 15.3. The molecule has 0 amide bonds. The molecule has 1 atom stereocenters. The molecular formula is C21H20N4O4S. The second kappa shape index (κ2) is 8.58. The maximum absolute atomic E-state index is 11.4. The van der Waals surface area contributed by atoms with E-state index in [0.29, 0.717) is 34.6 Å². The molecule has 0 spiro atoms. The smallest absolute Gasteiger partial charge is 0.304 e. The molecule has 9 heteroatoms. The number of methoxy groups -OCH3 is 2. The van der Waals surface area contributed by atoms with Crippen LogP contribution in [0, 0.1) is 0 Å². The number of carboxylic acids is 1.